The molecule has 144 valence electrons. The third-order valence-electron chi connectivity index (χ3n) is 4.20. The van der Waals surface area contributed by atoms with E-state index in [1.165, 1.54) is 12.1 Å². The number of ether oxygens (including phenoxy) is 2. The molecule has 0 aliphatic carbocycles. The van der Waals surface area contributed by atoms with Crippen molar-refractivity contribution in [3.8, 4) is 28.8 Å². The van der Waals surface area contributed by atoms with E-state index >= 15 is 0 Å². The fourth-order valence-electron chi connectivity index (χ4n) is 2.80. The normalized spacial score (nSPS) is 10.7. The van der Waals surface area contributed by atoms with Gasteiger partial charge in [0.15, 0.2) is 5.82 Å². The van der Waals surface area contributed by atoms with Gasteiger partial charge < -0.3 is 15.2 Å². The summed E-state index contributed by atoms with van der Waals surface area (Å²) in [6.07, 6.45) is 3.32. The molecule has 0 saturated heterocycles. The molecular weight excluding hydrogens is 392 g/mol. The van der Waals surface area contributed by atoms with Crippen molar-refractivity contribution in [3.63, 3.8) is 0 Å². The Morgan fingerprint density at radius 2 is 1.97 bits per heavy atom. The number of hydrogen-bond acceptors (Lipinski definition) is 6. The van der Waals surface area contributed by atoms with Crippen molar-refractivity contribution in [2.24, 2.45) is 5.73 Å². The van der Waals surface area contributed by atoms with E-state index in [9.17, 15) is 4.79 Å². The molecule has 0 saturated carbocycles. The molecule has 2 aromatic carbocycles. The number of aromatic nitrogens is 3. The number of benzene rings is 2. The quantitative estimate of drug-likeness (QED) is 0.532. The Morgan fingerprint density at radius 3 is 2.69 bits per heavy atom. The van der Waals surface area contributed by atoms with E-state index in [0.29, 0.717) is 27.5 Å². The number of fused-ring (bicyclic) bond motifs is 1. The zero-order valence-corrected chi connectivity index (χ0v) is 16.1. The van der Waals surface area contributed by atoms with E-state index < -0.39 is 5.91 Å². The topological polar surface area (TPSA) is 100 Å². The van der Waals surface area contributed by atoms with E-state index in [1.807, 2.05) is 6.07 Å². The van der Waals surface area contributed by atoms with Crippen LogP contribution in [0.15, 0.2) is 60.9 Å². The fourth-order valence-corrected chi connectivity index (χ4v) is 2.96. The third kappa shape index (κ3) is 3.81. The number of halogens is 1. The van der Waals surface area contributed by atoms with Crippen molar-refractivity contribution in [2.45, 2.75) is 0 Å². The number of hydrogen-bond donors (Lipinski definition) is 1. The van der Waals surface area contributed by atoms with Crippen molar-refractivity contribution in [2.75, 3.05) is 7.11 Å². The number of carbonyl (C=O) groups is 1. The highest BCUT2D eigenvalue weighted by Gasteiger charge is 2.16. The van der Waals surface area contributed by atoms with Gasteiger partial charge >= 0.3 is 0 Å². The van der Waals surface area contributed by atoms with Crippen LogP contribution in [0.1, 0.15) is 10.4 Å². The Kier molecular flexibility index (Phi) is 4.97. The number of carbonyl (C=O) groups excluding carboxylic acids is 1. The highest BCUT2D eigenvalue weighted by atomic mass is 35.5. The Labute approximate surface area is 171 Å². The first-order chi connectivity index (χ1) is 14.0. The van der Waals surface area contributed by atoms with E-state index in [-0.39, 0.29) is 17.2 Å². The number of pyridine rings is 1. The number of primary amides is 1. The van der Waals surface area contributed by atoms with Crippen LogP contribution in [0.3, 0.4) is 0 Å². The second-order valence-corrected chi connectivity index (χ2v) is 6.52. The van der Waals surface area contributed by atoms with Crippen LogP contribution in [0.4, 0.5) is 0 Å². The van der Waals surface area contributed by atoms with Gasteiger partial charge in [-0.25, -0.2) is 4.98 Å². The number of nitrogens with two attached hydrogens (primary N) is 1. The summed E-state index contributed by atoms with van der Waals surface area (Å²) in [5.41, 5.74) is 7.02. The van der Waals surface area contributed by atoms with Crippen LogP contribution in [-0.4, -0.2) is 28.0 Å². The van der Waals surface area contributed by atoms with Crippen molar-refractivity contribution >= 4 is 28.4 Å². The number of nitrogens with zero attached hydrogens (tertiary/aromatic N) is 3. The molecule has 0 aliphatic rings. The molecule has 1 amide bonds. The highest BCUT2D eigenvalue weighted by molar-refractivity contribution is 6.30. The lowest BCUT2D eigenvalue weighted by Gasteiger charge is -2.13. The molecule has 0 atom stereocenters. The lowest BCUT2D eigenvalue weighted by atomic mass is 10.2. The van der Waals surface area contributed by atoms with Crippen LogP contribution < -0.4 is 15.2 Å². The Morgan fingerprint density at radius 1 is 1.10 bits per heavy atom. The standard InChI is InChI=1S/C21H15ClN4O3/c1-28-14-5-7-17-16(10-14)21(26-20(25-17)12-3-2-8-24-11-12)29-18-9-13(22)4-6-15(18)19(23)27/h2-11H,1H3,(H2,23,27). The molecule has 2 aromatic heterocycles. The van der Waals surface area contributed by atoms with E-state index in [0.717, 1.165) is 5.56 Å². The monoisotopic (exact) mass is 406 g/mol. The summed E-state index contributed by atoms with van der Waals surface area (Å²) in [6, 6.07) is 13.6. The SMILES string of the molecule is COc1ccc2nc(-c3cccnc3)nc(Oc3cc(Cl)ccc3C(N)=O)c2c1. The first-order valence-corrected chi connectivity index (χ1v) is 8.96. The molecule has 0 fully saturated rings. The van der Waals surface area contributed by atoms with Gasteiger partial charge in [-0.1, -0.05) is 11.6 Å². The lowest BCUT2D eigenvalue weighted by Crippen LogP contribution is -2.12. The maximum Gasteiger partial charge on any atom is 0.252 e. The summed E-state index contributed by atoms with van der Waals surface area (Å²) in [5, 5.41) is 1.00. The van der Waals surface area contributed by atoms with E-state index in [4.69, 9.17) is 26.8 Å². The van der Waals surface area contributed by atoms with Gasteiger partial charge in [-0.2, -0.15) is 4.98 Å². The smallest absolute Gasteiger partial charge is 0.252 e. The summed E-state index contributed by atoms with van der Waals surface area (Å²) in [5.74, 6) is 0.831. The average Bonchev–Trinajstić information content (AvgIpc) is 2.74. The largest absolute Gasteiger partial charge is 0.497 e. The average molecular weight is 407 g/mol. The molecule has 7 nitrogen and oxygen atoms in total. The molecule has 8 heteroatoms. The van der Waals surface area contributed by atoms with Crippen LogP contribution in [-0.2, 0) is 0 Å². The summed E-state index contributed by atoms with van der Waals surface area (Å²) >= 11 is 6.09. The summed E-state index contributed by atoms with van der Waals surface area (Å²) in [7, 11) is 1.56. The van der Waals surface area contributed by atoms with Crippen molar-refractivity contribution in [3.05, 3.63) is 71.5 Å². The van der Waals surface area contributed by atoms with Gasteiger partial charge in [0.25, 0.3) is 5.91 Å². The Bertz CT molecular complexity index is 1220. The van der Waals surface area contributed by atoms with Crippen molar-refractivity contribution < 1.29 is 14.3 Å². The van der Waals surface area contributed by atoms with E-state index in [2.05, 4.69) is 15.0 Å². The molecule has 0 unspecified atom stereocenters. The first-order valence-electron chi connectivity index (χ1n) is 8.58. The van der Waals surface area contributed by atoms with Crippen LogP contribution in [0.25, 0.3) is 22.3 Å². The number of amides is 1. The second-order valence-electron chi connectivity index (χ2n) is 6.08. The summed E-state index contributed by atoms with van der Waals surface area (Å²) < 4.78 is 11.3. The van der Waals surface area contributed by atoms with Gasteiger partial charge in [0, 0.05) is 29.0 Å². The van der Waals surface area contributed by atoms with E-state index in [1.54, 1.807) is 49.8 Å². The first kappa shape index (κ1) is 18.6. The molecule has 2 N–H and O–H groups in total. The molecule has 4 rings (SSSR count). The van der Waals surface area contributed by atoms with Gasteiger partial charge in [0.2, 0.25) is 5.88 Å². The van der Waals surface area contributed by atoms with Crippen molar-refractivity contribution in [1.82, 2.24) is 15.0 Å². The minimum Gasteiger partial charge on any atom is -0.497 e. The van der Waals surface area contributed by atoms with Crippen LogP contribution in [0.5, 0.6) is 17.4 Å². The van der Waals surface area contributed by atoms with Crippen LogP contribution in [0.2, 0.25) is 5.02 Å². The molecule has 0 aliphatic heterocycles. The zero-order chi connectivity index (χ0) is 20.4. The summed E-state index contributed by atoms with van der Waals surface area (Å²) in [6.45, 7) is 0. The molecular formula is C21H15ClN4O3. The minimum absolute atomic E-state index is 0.187. The fraction of sp³-hybridized carbons (Fsp3) is 0.0476. The molecule has 2 heterocycles. The lowest BCUT2D eigenvalue weighted by molar-refractivity contribution is 0.0998. The molecule has 0 radical (unpaired) electrons. The highest BCUT2D eigenvalue weighted by Crippen LogP contribution is 2.34. The van der Waals surface area contributed by atoms with Gasteiger partial charge in [-0.3, -0.25) is 9.78 Å². The maximum atomic E-state index is 11.8. The molecule has 29 heavy (non-hydrogen) atoms. The molecule has 4 aromatic rings. The van der Waals surface area contributed by atoms with Gasteiger partial charge in [-0.15, -0.1) is 0 Å². The predicted octanol–water partition coefficient (Wildman–Crippen LogP) is 4.25. The number of methoxy groups -OCH3 is 1. The van der Waals surface area contributed by atoms with Crippen molar-refractivity contribution in [1.29, 1.82) is 0 Å². The van der Waals surface area contributed by atoms with Gasteiger partial charge in [0.05, 0.1) is 23.6 Å². The van der Waals surface area contributed by atoms with Crippen LogP contribution >= 0.6 is 11.6 Å². The molecule has 0 bridgehead atoms. The predicted molar refractivity (Wildman–Crippen MR) is 109 cm³/mol. The summed E-state index contributed by atoms with van der Waals surface area (Å²) in [4.78, 5) is 25.1. The van der Waals surface area contributed by atoms with Gasteiger partial charge in [0.1, 0.15) is 11.5 Å². The minimum atomic E-state index is -0.639. The Balaban J connectivity index is 1.92. The van der Waals surface area contributed by atoms with Crippen LogP contribution in [0, 0.1) is 0 Å². The number of rotatable bonds is 5. The third-order valence-corrected chi connectivity index (χ3v) is 4.44. The molecule has 0 spiro atoms. The van der Waals surface area contributed by atoms with Gasteiger partial charge in [-0.05, 0) is 42.5 Å². The maximum absolute atomic E-state index is 11.8. The second kappa shape index (κ2) is 7.73. The zero-order valence-electron chi connectivity index (χ0n) is 15.3. The Hall–Kier alpha value is -3.71.